The van der Waals surface area contributed by atoms with Crippen molar-refractivity contribution in [1.29, 1.82) is 0 Å². The van der Waals surface area contributed by atoms with Crippen LogP contribution in [0.3, 0.4) is 0 Å². The Kier molecular flexibility index (Phi) is 7.10. The van der Waals surface area contributed by atoms with Crippen molar-refractivity contribution < 1.29 is 19.4 Å². The molecule has 174 valence electrons. The second-order valence-electron chi connectivity index (χ2n) is 7.83. The number of ether oxygens (including phenoxy) is 1. The van der Waals surface area contributed by atoms with Crippen LogP contribution in [0.5, 0.6) is 5.75 Å². The molecule has 0 aliphatic heterocycles. The van der Waals surface area contributed by atoms with Gasteiger partial charge < -0.3 is 19.7 Å². The number of carboxylic acids is 1. The van der Waals surface area contributed by atoms with Crippen LogP contribution in [0, 0.1) is 0 Å². The van der Waals surface area contributed by atoms with Crippen LogP contribution in [0.1, 0.15) is 39.2 Å². The van der Waals surface area contributed by atoms with Gasteiger partial charge in [-0.05, 0) is 67.1 Å². The summed E-state index contributed by atoms with van der Waals surface area (Å²) in [6.45, 7) is 2.77. The number of rotatable bonds is 8. The zero-order valence-electron chi connectivity index (χ0n) is 18.3. The first-order valence-electron chi connectivity index (χ1n) is 10.6. The highest BCUT2D eigenvalue weighted by atomic mass is 35.5. The summed E-state index contributed by atoms with van der Waals surface area (Å²) < 4.78 is 7.77. The lowest BCUT2D eigenvalue weighted by atomic mass is 10.0. The van der Waals surface area contributed by atoms with Crippen LogP contribution >= 0.6 is 23.2 Å². The van der Waals surface area contributed by atoms with Gasteiger partial charge in [-0.1, -0.05) is 35.3 Å². The van der Waals surface area contributed by atoms with E-state index in [1.165, 1.54) is 12.1 Å². The Balaban J connectivity index is 1.52. The Morgan fingerprint density at radius 2 is 1.71 bits per heavy atom. The molecule has 0 spiro atoms. The first-order valence-corrected chi connectivity index (χ1v) is 11.4. The largest absolute Gasteiger partial charge is 0.492 e. The van der Waals surface area contributed by atoms with Gasteiger partial charge in [0, 0.05) is 21.6 Å². The molecule has 4 aromatic rings. The van der Waals surface area contributed by atoms with Gasteiger partial charge in [-0.3, -0.25) is 4.79 Å². The Morgan fingerprint density at radius 3 is 2.38 bits per heavy atom. The number of benzene rings is 3. The van der Waals surface area contributed by atoms with Gasteiger partial charge in [-0.2, -0.15) is 0 Å². The van der Waals surface area contributed by atoms with E-state index < -0.39 is 5.97 Å². The van der Waals surface area contributed by atoms with E-state index in [2.05, 4.69) is 5.32 Å². The SMILES string of the molecule is C[C@H](NC(=O)c1cc(Cl)cc2ccn(CCOc3ccc(Cl)cc3)c12)c1ccc(C(=O)O)cc1. The Hall–Kier alpha value is -3.48. The third-order valence-electron chi connectivity index (χ3n) is 5.49. The number of carbonyl (C=O) groups excluding carboxylic acids is 1. The third kappa shape index (κ3) is 5.35. The molecule has 0 radical (unpaired) electrons. The number of nitrogens with zero attached hydrogens (tertiary/aromatic N) is 1. The Morgan fingerprint density at radius 1 is 1.00 bits per heavy atom. The van der Waals surface area contributed by atoms with E-state index in [0.29, 0.717) is 34.5 Å². The molecule has 0 aliphatic carbocycles. The fraction of sp³-hybridized carbons (Fsp3) is 0.154. The van der Waals surface area contributed by atoms with E-state index in [4.69, 9.17) is 33.0 Å². The van der Waals surface area contributed by atoms with E-state index >= 15 is 0 Å². The maximum Gasteiger partial charge on any atom is 0.335 e. The number of carboxylic acid groups (broad SMARTS) is 1. The van der Waals surface area contributed by atoms with Crippen molar-refractivity contribution in [3.8, 4) is 5.75 Å². The molecule has 1 amide bonds. The molecule has 8 heteroatoms. The molecule has 6 nitrogen and oxygen atoms in total. The van der Waals surface area contributed by atoms with Crippen molar-refractivity contribution in [2.75, 3.05) is 6.61 Å². The lowest BCUT2D eigenvalue weighted by Gasteiger charge is -2.16. The molecule has 0 fully saturated rings. The average molecular weight is 497 g/mol. The van der Waals surface area contributed by atoms with Gasteiger partial charge in [0.05, 0.1) is 29.2 Å². The van der Waals surface area contributed by atoms with Gasteiger partial charge in [0.2, 0.25) is 0 Å². The van der Waals surface area contributed by atoms with Gasteiger partial charge in [-0.25, -0.2) is 4.79 Å². The predicted molar refractivity (Wildman–Crippen MR) is 133 cm³/mol. The van der Waals surface area contributed by atoms with E-state index in [1.807, 2.05) is 29.8 Å². The summed E-state index contributed by atoms with van der Waals surface area (Å²) in [5.41, 5.74) is 2.20. The molecule has 0 unspecified atom stereocenters. The number of halogens is 2. The van der Waals surface area contributed by atoms with Crippen molar-refractivity contribution in [3.05, 3.63) is 99.7 Å². The maximum atomic E-state index is 13.2. The lowest BCUT2D eigenvalue weighted by molar-refractivity contribution is 0.0696. The molecule has 0 bridgehead atoms. The molecule has 1 heterocycles. The van der Waals surface area contributed by atoms with Crippen LogP contribution in [-0.2, 0) is 6.54 Å². The van der Waals surface area contributed by atoms with Gasteiger partial charge in [-0.15, -0.1) is 0 Å². The number of amides is 1. The molecule has 34 heavy (non-hydrogen) atoms. The topological polar surface area (TPSA) is 80.6 Å². The monoisotopic (exact) mass is 496 g/mol. The average Bonchev–Trinajstić information content (AvgIpc) is 3.22. The molecule has 0 aliphatic rings. The Labute approximate surface area is 206 Å². The fourth-order valence-corrected chi connectivity index (χ4v) is 4.09. The molecule has 0 saturated carbocycles. The number of hydrogen-bond donors (Lipinski definition) is 2. The summed E-state index contributed by atoms with van der Waals surface area (Å²) in [5.74, 6) is -0.559. The van der Waals surface area contributed by atoms with Crippen molar-refractivity contribution >= 4 is 46.0 Å². The first-order chi connectivity index (χ1) is 16.3. The minimum atomic E-state index is -0.995. The van der Waals surface area contributed by atoms with Crippen molar-refractivity contribution in [1.82, 2.24) is 9.88 Å². The van der Waals surface area contributed by atoms with Gasteiger partial charge in [0.15, 0.2) is 0 Å². The predicted octanol–water partition coefficient (Wildman–Crippen LogP) is 6.22. The van der Waals surface area contributed by atoms with Crippen molar-refractivity contribution in [3.63, 3.8) is 0 Å². The second kappa shape index (κ2) is 10.2. The van der Waals surface area contributed by atoms with Crippen LogP contribution < -0.4 is 10.1 Å². The van der Waals surface area contributed by atoms with Crippen LogP contribution in [-0.4, -0.2) is 28.2 Å². The summed E-state index contributed by atoms with van der Waals surface area (Å²) in [4.78, 5) is 24.3. The quantitative estimate of drug-likeness (QED) is 0.303. The van der Waals surface area contributed by atoms with E-state index in [-0.39, 0.29) is 17.5 Å². The van der Waals surface area contributed by atoms with Crippen molar-refractivity contribution in [2.45, 2.75) is 19.5 Å². The van der Waals surface area contributed by atoms with Gasteiger partial charge in [0.25, 0.3) is 5.91 Å². The summed E-state index contributed by atoms with van der Waals surface area (Å²) in [6.07, 6.45) is 1.90. The van der Waals surface area contributed by atoms with Crippen molar-refractivity contribution in [2.24, 2.45) is 0 Å². The van der Waals surface area contributed by atoms with E-state index in [0.717, 1.165) is 16.5 Å². The molecule has 2 N–H and O–H groups in total. The molecule has 3 aromatic carbocycles. The Bertz CT molecular complexity index is 1330. The highest BCUT2D eigenvalue weighted by Gasteiger charge is 2.18. The number of nitrogens with one attached hydrogen (secondary N) is 1. The van der Waals surface area contributed by atoms with Gasteiger partial charge in [0.1, 0.15) is 12.4 Å². The number of aromatic nitrogens is 1. The standard InChI is InChI=1S/C26H22Cl2N2O4/c1-16(17-2-4-18(5-3-17)26(32)33)29-25(31)23-15-21(28)14-19-10-11-30(24(19)23)12-13-34-22-8-6-20(27)7-9-22/h2-11,14-16H,12-13H2,1H3,(H,29,31)(H,32,33)/t16-/m0/s1. The zero-order chi connectivity index (χ0) is 24.2. The molecular weight excluding hydrogens is 475 g/mol. The summed E-state index contributed by atoms with van der Waals surface area (Å²) in [6, 6.07) is 18.6. The minimum Gasteiger partial charge on any atom is -0.492 e. The van der Waals surface area contributed by atoms with Crippen LogP contribution in [0.4, 0.5) is 0 Å². The van der Waals surface area contributed by atoms with Crippen LogP contribution in [0.2, 0.25) is 10.0 Å². The second-order valence-corrected chi connectivity index (χ2v) is 8.70. The minimum absolute atomic E-state index is 0.192. The molecular formula is C26H22Cl2N2O4. The summed E-state index contributed by atoms with van der Waals surface area (Å²) in [7, 11) is 0. The number of hydrogen-bond acceptors (Lipinski definition) is 3. The van der Waals surface area contributed by atoms with E-state index in [1.54, 1.807) is 42.5 Å². The molecule has 1 aromatic heterocycles. The van der Waals surface area contributed by atoms with Gasteiger partial charge >= 0.3 is 5.97 Å². The molecule has 4 rings (SSSR count). The van der Waals surface area contributed by atoms with Crippen LogP contribution in [0.25, 0.3) is 10.9 Å². The maximum absolute atomic E-state index is 13.2. The highest BCUT2D eigenvalue weighted by Crippen LogP contribution is 2.26. The third-order valence-corrected chi connectivity index (χ3v) is 5.96. The first kappa shape index (κ1) is 23.7. The molecule has 0 saturated heterocycles. The molecule has 1 atom stereocenters. The number of aromatic carboxylic acids is 1. The van der Waals surface area contributed by atoms with Crippen LogP contribution in [0.15, 0.2) is 72.9 Å². The smallest absolute Gasteiger partial charge is 0.335 e. The lowest BCUT2D eigenvalue weighted by Crippen LogP contribution is -2.27. The van der Waals surface area contributed by atoms with E-state index in [9.17, 15) is 9.59 Å². The summed E-state index contributed by atoms with van der Waals surface area (Å²) in [5, 5.41) is 14.0. The highest BCUT2D eigenvalue weighted by molar-refractivity contribution is 6.32. The summed E-state index contributed by atoms with van der Waals surface area (Å²) >= 11 is 12.2. The number of fused-ring (bicyclic) bond motifs is 1. The fourth-order valence-electron chi connectivity index (χ4n) is 3.74. The zero-order valence-corrected chi connectivity index (χ0v) is 19.8. The normalized spacial score (nSPS) is 11.9. The number of carbonyl (C=O) groups is 2.